The molecular formula is C14H18O. The molecular weight excluding hydrogens is 184 g/mol. The van der Waals surface area contributed by atoms with E-state index in [0.29, 0.717) is 11.7 Å². The third kappa shape index (κ3) is 2.47. The second kappa shape index (κ2) is 4.18. The van der Waals surface area contributed by atoms with Crippen molar-refractivity contribution < 1.29 is 4.79 Å². The molecule has 0 aliphatic heterocycles. The molecule has 1 aromatic carbocycles. The molecule has 2 atom stereocenters. The van der Waals surface area contributed by atoms with E-state index in [4.69, 9.17) is 0 Å². The van der Waals surface area contributed by atoms with Gasteiger partial charge in [-0.15, -0.1) is 0 Å². The predicted molar refractivity (Wildman–Crippen MR) is 61.8 cm³/mol. The van der Waals surface area contributed by atoms with Crippen LogP contribution in [0.15, 0.2) is 24.3 Å². The number of carbonyl (C=O) groups excluding carboxylic acids is 1. The summed E-state index contributed by atoms with van der Waals surface area (Å²) in [5, 5.41) is 0. The van der Waals surface area contributed by atoms with Crippen molar-refractivity contribution in [3.8, 4) is 0 Å². The van der Waals surface area contributed by atoms with Crippen molar-refractivity contribution >= 4 is 5.78 Å². The molecule has 1 aliphatic rings. The number of hydrogen-bond donors (Lipinski definition) is 0. The van der Waals surface area contributed by atoms with Crippen LogP contribution >= 0.6 is 0 Å². The monoisotopic (exact) mass is 202 g/mol. The molecule has 1 fully saturated rings. The number of Topliss-reactive ketones (excluding diaryl/α,β-unsaturated/α-hetero) is 1. The zero-order valence-corrected chi connectivity index (χ0v) is 9.49. The van der Waals surface area contributed by atoms with Crippen molar-refractivity contribution in [2.75, 3.05) is 0 Å². The van der Waals surface area contributed by atoms with Crippen LogP contribution in [0.3, 0.4) is 0 Å². The normalized spacial score (nSPS) is 25.9. The fourth-order valence-electron chi connectivity index (χ4n) is 2.42. The van der Waals surface area contributed by atoms with Crippen LogP contribution in [0.4, 0.5) is 0 Å². The van der Waals surface area contributed by atoms with E-state index in [2.05, 4.69) is 38.1 Å². The first-order chi connectivity index (χ1) is 7.15. The van der Waals surface area contributed by atoms with Crippen LogP contribution in [0.25, 0.3) is 0 Å². The first-order valence-electron chi connectivity index (χ1n) is 5.73. The summed E-state index contributed by atoms with van der Waals surface area (Å²) in [6.45, 7) is 4.26. The topological polar surface area (TPSA) is 17.1 Å². The maximum absolute atomic E-state index is 11.7. The molecule has 0 aromatic heterocycles. The number of rotatable bonds is 2. The van der Waals surface area contributed by atoms with Gasteiger partial charge < -0.3 is 0 Å². The van der Waals surface area contributed by atoms with Gasteiger partial charge in [-0.05, 0) is 31.2 Å². The molecule has 0 bridgehead atoms. The smallest absolute Gasteiger partial charge is 0.136 e. The molecule has 1 saturated carbocycles. The van der Waals surface area contributed by atoms with Crippen LogP contribution in [0.5, 0.6) is 0 Å². The van der Waals surface area contributed by atoms with E-state index in [9.17, 15) is 4.79 Å². The number of aryl methyl sites for hydroxylation is 1. The van der Waals surface area contributed by atoms with E-state index in [1.165, 1.54) is 11.1 Å². The summed E-state index contributed by atoms with van der Waals surface area (Å²) < 4.78 is 0. The highest BCUT2D eigenvalue weighted by atomic mass is 16.1. The molecule has 1 nitrogen and oxygen atoms in total. The van der Waals surface area contributed by atoms with Crippen molar-refractivity contribution in [1.29, 1.82) is 0 Å². The summed E-state index contributed by atoms with van der Waals surface area (Å²) in [6.07, 6.45) is 2.80. The lowest BCUT2D eigenvalue weighted by atomic mass is 9.96. The zero-order chi connectivity index (χ0) is 10.8. The molecule has 0 radical (unpaired) electrons. The standard InChI is InChI=1S/C14H18O/c1-10-3-5-12(6-4-10)9-13-7-11(2)8-14(13)15/h3-6,11,13H,7-9H2,1-2H3/t11-,13-/m1/s1. The van der Waals surface area contributed by atoms with Crippen LogP contribution < -0.4 is 0 Å². The second-order valence-corrected chi connectivity index (χ2v) is 4.90. The Bertz CT molecular complexity index is 350. The molecule has 0 N–H and O–H groups in total. The Morgan fingerprint density at radius 3 is 2.47 bits per heavy atom. The lowest BCUT2D eigenvalue weighted by Gasteiger charge is -2.08. The Labute approximate surface area is 91.5 Å². The van der Waals surface area contributed by atoms with Crippen molar-refractivity contribution in [2.24, 2.45) is 11.8 Å². The molecule has 2 rings (SSSR count). The third-order valence-corrected chi connectivity index (χ3v) is 3.29. The van der Waals surface area contributed by atoms with Crippen LogP contribution in [-0.2, 0) is 11.2 Å². The summed E-state index contributed by atoms with van der Waals surface area (Å²) in [6, 6.07) is 8.54. The molecule has 0 amide bonds. The quantitative estimate of drug-likeness (QED) is 0.720. The minimum Gasteiger partial charge on any atom is -0.299 e. The van der Waals surface area contributed by atoms with Crippen LogP contribution in [0, 0.1) is 18.8 Å². The van der Waals surface area contributed by atoms with Gasteiger partial charge in [-0.3, -0.25) is 4.79 Å². The SMILES string of the molecule is Cc1ccc(C[C@H]2C[C@@H](C)CC2=O)cc1. The van der Waals surface area contributed by atoms with E-state index in [1.807, 2.05) is 0 Å². The van der Waals surface area contributed by atoms with Gasteiger partial charge in [0.1, 0.15) is 5.78 Å². The first kappa shape index (κ1) is 10.4. The number of carbonyl (C=O) groups is 1. The van der Waals surface area contributed by atoms with Gasteiger partial charge in [0.25, 0.3) is 0 Å². The predicted octanol–water partition coefficient (Wildman–Crippen LogP) is 3.15. The Balaban J connectivity index is 2.03. The summed E-state index contributed by atoms with van der Waals surface area (Å²) in [4.78, 5) is 11.7. The van der Waals surface area contributed by atoms with Gasteiger partial charge in [0.2, 0.25) is 0 Å². The summed E-state index contributed by atoms with van der Waals surface area (Å²) in [7, 11) is 0. The van der Waals surface area contributed by atoms with E-state index < -0.39 is 0 Å². The maximum atomic E-state index is 11.7. The van der Waals surface area contributed by atoms with E-state index in [1.54, 1.807) is 0 Å². The number of benzene rings is 1. The fourth-order valence-corrected chi connectivity index (χ4v) is 2.42. The summed E-state index contributed by atoms with van der Waals surface area (Å²) in [5.41, 5.74) is 2.58. The molecule has 15 heavy (non-hydrogen) atoms. The highest BCUT2D eigenvalue weighted by Crippen LogP contribution is 2.29. The average molecular weight is 202 g/mol. The van der Waals surface area contributed by atoms with Crippen molar-refractivity contribution in [1.82, 2.24) is 0 Å². The molecule has 0 spiro atoms. The molecule has 1 heteroatoms. The van der Waals surface area contributed by atoms with Crippen LogP contribution in [0.2, 0.25) is 0 Å². The van der Waals surface area contributed by atoms with Crippen molar-refractivity contribution in [3.05, 3.63) is 35.4 Å². The third-order valence-electron chi connectivity index (χ3n) is 3.29. The van der Waals surface area contributed by atoms with Gasteiger partial charge in [-0.25, -0.2) is 0 Å². The Hall–Kier alpha value is -1.11. The van der Waals surface area contributed by atoms with Gasteiger partial charge in [-0.2, -0.15) is 0 Å². The molecule has 1 aromatic rings. The molecule has 1 aliphatic carbocycles. The lowest BCUT2D eigenvalue weighted by molar-refractivity contribution is -0.120. The second-order valence-electron chi connectivity index (χ2n) is 4.90. The zero-order valence-electron chi connectivity index (χ0n) is 9.49. The first-order valence-corrected chi connectivity index (χ1v) is 5.73. The Kier molecular flexibility index (Phi) is 2.90. The van der Waals surface area contributed by atoms with Crippen LogP contribution in [-0.4, -0.2) is 5.78 Å². The highest BCUT2D eigenvalue weighted by molar-refractivity contribution is 5.83. The maximum Gasteiger partial charge on any atom is 0.136 e. The van der Waals surface area contributed by atoms with Crippen molar-refractivity contribution in [3.63, 3.8) is 0 Å². The summed E-state index contributed by atoms with van der Waals surface area (Å²) >= 11 is 0. The Morgan fingerprint density at radius 2 is 1.93 bits per heavy atom. The highest BCUT2D eigenvalue weighted by Gasteiger charge is 2.29. The number of ketones is 1. The fraction of sp³-hybridized carbons (Fsp3) is 0.500. The molecule has 0 heterocycles. The number of hydrogen-bond acceptors (Lipinski definition) is 1. The molecule has 80 valence electrons. The van der Waals surface area contributed by atoms with Gasteiger partial charge in [-0.1, -0.05) is 36.8 Å². The van der Waals surface area contributed by atoms with Crippen LogP contribution in [0.1, 0.15) is 30.9 Å². The Morgan fingerprint density at radius 1 is 1.27 bits per heavy atom. The van der Waals surface area contributed by atoms with Gasteiger partial charge in [0.05, 0.1) is 0 Å². The van der Waals surface area contributed by atoms with E-state index in [-0.39, 0.29) is 5.92 Å². The van der Waals surface area contributed by atoms with Gasteiger partial charge >= 0.3 is 0 Å². The van der Waals surface area contributed by atoms with Gasteiger partial charge in [0.15, 0.2) is 0 Å². The lowest BCUT2D eigenvalue weighted by Crippen LogP contribution is -2.09. The van der Waals surface area contributed by atoms with E-state index >= 15 is 0 Å². The molecule has 0 unspecified atom stereocenters. The minimum absolute atomic E-state index is 0.280. The molecule has 0 saturated heterocycles. The largest absolute Gasteiger partial charge is 0.299 e. The van der Waals surface area contributed by atoms with E-state index in [0.717, 1.165) is 19.3 Å². The van der Waals surface area contributed by atoms with Gasteiger partial charge in [0, 0.05) is 12.3 Å². The average Bonchev–Trinajstić information content (AvgIpc) is 2.49. The summed E-state index contributed by atoms with van der Waals surface area (Å²) in [5.74, 6) is 1.33. The van der Waals surface area contributed by atoms with Crippen molar-refractivity contribution in [2.45, 2.75) is 33.1 Å². The minimum atomic E-state index is 0.280.